The maximum Gasteiger partial charge on any atom is 0.251 e. The van der Waals surface area contributed by atoms with Crippen LogP contribution in [0.2, 0.25) is 0 Å². The number of nitrogens with zero attached hydrogens (tertiary/aromatic N) is 1. The van der Waals surface area contributed by atoms with Gasteiger partial charge in [-0.2, -0.15) is 0 Å². The van der Waals surface area contributed by atoms with Gasteiger partial charge in [-0.05, 0) is 80.2 Å². The minimum atomic E-state index is -0.0923. The van der Waals surface area contributed by atoms with Crippen LogP contribution in [0.25, 0.3) is 0 Å². The van der Waals surface area contributed by atoms with Crippen LogP contribution in [-0.2, 0) is 4.79 Å². The summed E-state index contributed by atoms with van der Waals surface area (Å²) in [6.07, 6.45) is 2.28. The number of piperidine rings is 1. The number of hydrogen-bond donors (Lipinski definition) is 3. The van der Waals surface area contributed by atoms with Crippen molar-refractivity contribution in [2.45, 2.75) is 51.6 Å². The highest BCUT2D eigenvalue weighted by Crippen LogP contribution is 2.44. The second kappa shape index (κ2) is 9.33. The maximum atomic E-state index is 12.6. The van der Waals surface area contributed by atoms with Gasteiger partial charge in [0.2, 0.25) is 5.91 Å². The number of rotatable bonds is 4. The van der Waals surface area contributed by atoms with Gasteiger partial charge in [-0.15, -0.1) is 0 Å². The molecule has 0 bridgehead atoms. The molecule has 1 saturated heterocycles. The summed E-state index contributed by atoms with van der Waals surface area (Å²) in [5.74, 6) is 0.752. The smallest absolute Gasteiger partial charge is 0.251 e. The van der Waals surface area contributed by atoms with Crippen molar-refractivity contribution in [2.75, 3.05) is 30.4 Å². The number of benzene rings is 2. The van der Waals surface area contributed by atoms with Crippen molar-refractivity contribution in [2.24, 2.45) is 5.92 Å². The third-order valence-electron chi connectivity index (χ3n) is 7.19. The fourth-order valence-corrected chi connectivity index (χ4v) is 5.17. The number of amides is 2. The molecule has 3 N–H and O–H groups in total. The van der Waals surface area contributed by atoms with Crippen LogP contribution in [0.15, 0.2) is 42.5 Å². The largest absolute Gasteiger partial charge is 0.378 e. The van der Waals surface area contributed by atoms with Crippen molar-refractivity contribution in [1.29, 1.82) is 0 Å². The van der Waals surface area contributed by atoms with E-state index in [1.807, 2.05) is 29.2 Å². The predicted molar refractivity (Wildman–Crippen MR) is 129 cm³/mol. The van der Waals surface area contributed by atoms with Crippen LogP contribution in [0.1, 0.15) is 67.1 Å². The normalized spacial score (nSPS) is 23.4. The van der Waals surface area contributed by atoms with Crippen molar-refractivity contribution >= 4 is 23.2 Å². The van der Waals surface area contributed by atoms with E-state index >= 15 is 0 Å². The Morgan fingerprint density at radius 2 is 1.72 bits per heavy atom. The van der Waals surface area contributed by atoms with E-state index in [0.717, 1.165) is 37.3 Å². The Hall–Kier alpha value is -2.86. The molecule has 1 unspecified atom stereocenters. The summed E-state index contributed by atoms with van der Waals surface area (Å²) in [4.78, 5) is 26.4. The topological polar surface area (TPSA) is 73.5 Å². The zero-order chi connectivity index (χ0) is 22.8. The molecule has 4 rings (SSSR count). The summed E-state index contributed by atoms with van der Waals surface area (Å²) >= 11 is 0. The standard InChI is InChI=1S/C26H34N4O2/c1-16-17(2)30(18(3)31)24-10-7-21(19-11-13-28-14-12-19)15-23(24)25(16)29-22-8-5-20(6-9-22)26(32)27-4/h5-10,15-17,19,25,28-29H,11-14H2,1-4H3,(H,27,32)/t16-,17-,25?/m0/s1. The molecule has 2 aliphatic heterocycles. The highest BCUT2D eigenvalue weighted by molar-refractivity contribution is 5.95. The Kier molecular flexibility index (Phi) is 6.51. The van der Waals surface area contributed by atoms with Gasteiger partial charge < -0.3 is 20.9 Å². The average molecular weight is 435 g/mol. The predicted octanol–water partition coefficient (Wildman–Crippen LogP) is 4.06. The molecule has 2 aliphatic rings. The van der Waals surface area contributed by atoms with Crippen LogP contribution < -0.4 is 20.9 Å². The van der Waals surface area contributed by atoms with Gasteiger partial charge in [0.1, 0.15) is 0 Å². The fourth-order valence-electron chi connectivity index (χ4n) is 5.17. The highest BCUT2D eigenvalue weighted by Gasteiger charge is 2.38. The van der Waals surface area contributed by atoms with E-state index in [4.69, 9.17) is 0 Å². The molecule has 1 fully saturated rings. The Morgan fingerprint density at radius 3 is 2.34 bits per heavy atom. The molecule has 32 heavy (non-hydrogen) atoms. The van der Waals surface area contributed by atoms with Gasteiger partial charge in [-0.3, -0.25) is 9.59 Å². The van der Waals surface area contributed by atoms with Gasteiger partial charge in [-0.1, -0.05) is 19.1 Å². The van der Waals surface area contributed by atoms with E-state index in [1.165, 1.54) is 11.1 Å². The fraction of sp³-hybridized carbons (Fsp3) is 0.462. The lowest BCUT2D eigenvalue weighted by Gasteiger charge is -2.44. The number of anilines is 2. The molecule has 2 amide bonds. The molecule has 2 aromatic rings. The van der Waals surface area contributed by atoms with Gasteiger partial charge >= 0.3 is 0 Å². The second-order valence-electron chi connectivity index (χ2n) is 9.11. The molecule has 6 nitrogen and oxygen atoms in total. The molecule has 2 heterocycles. The summed E-state index contributed by atoms with van der Waals surface area (Å²) < 4.78 is 0. The second-order valence-corrected chi connectivity index (χ2v) is 9.11. The molecule has 0 spiro atoms. The minimum Gasteiger partial charge on any atom is -0.378 e. The zero-order valence-electron chi connectivity index (χ0n) is 19.4. The summed E-state index contributed by atoms with van der Waals surface area (Å²) in [5, 5.41) is 9.81. The average Bonchev–Trinajstić information content (AvgIpc) is 2.82. The molecular formula is C26H34N4O2. The van der Waals surface area contributed by atoms with Crippen LogP contribution in [0, 0.1) is 5.92 Å². The molecule has 6 heteroatoms. The SMILES string of the molecule is CNC(=O)c1ccc(NC2c3cc(C4CCNCC4)ccc3N(C(C)=O)[C@@H](C)[C@@H]2C)cc1. The Morgan fingerprint density at radius 1 is 1.03 bits per heavy atom. The number of carbonyl (C=O) groups excluding carboxylic acids is 2. The molecule has 0 saturated carbocycles. The van der Waals surface area contributed by atoms with Crippen molar-refractivity contribution in [1.82, 2.24) is 10.6 Å². The monoisotopic (exact) mass is 434 g/mol. The summed E-state index contributed by atoms with van der Waals surface area (Å²) in [6, 6.07) is 14.4. The first kappa shape index (κ1) is 22.3. The third-order valence-corrected chi connectivity index (χ3v) is 7.19. The van der Waals surface area contributed by atoms with Crippen molar-refractivity contribution in [3.63, 3.8) is 0 Å². The maximum absolute atomic E-state index is 12.6. The molecule has 3 atom stereocenters. The van der Waals surface area contributed by atoms with Crippen LogP contribution in [0.3, 0.4) is 0 Å². The molecule has 0 aromatic heterocycles. The third kappa shape index (κ3) is 4.24. The molecule has 0 radical (unpaired) electrons. The van der Waals surface area contributed by atoms with Gasteiger partial charge in [0, 0.05) is 42.9 Å². The van der Waals surface area contributed by atoms with Gasteiger partial charge in [0.25, 0.3) is 5.91 Å². The zero-order valence-corrected chi connectivity index (χ0v) is 19.4. The molecule has 170 valence electrons. The first-order valence-corrected chi connectivity index (χ1v) is 11.6. The number of nitrogens with one attached hydrogen (secondary N) is 3. The number of carbonyl (C=O) groups is 2. The lowest BCUT2D eigenvalue weighted by molar-refractivity contribution is -0.117. The highest BCUT2D eigenvalue weighted by atomic mass is 16.2. The first-order valence-electron chi connectivity index (χ1n) is 11.6. The number of hydrogen-bond acceptors (Lipinski definition) is 4. The summed E-state index contributed by atoms with van der Waals surface area (Å²) in [5.41, 5.74) is 5.14. The van der Waals surface area contributed by atoms with Crippen LogP contribution in [-0.4, -0.2) is 38.0 Å². The van der Waals surface area contributed by atoms with E-state index in [9.17, 15) is 9.59 Å². The lowest BCUT2D eigenvalue weighted by Crippen LogP contribution is -2.48. The number of fused-ring (bicyclic) bond motifs is 1. The van der Waals surface area contributed by atoms with E-state index in [0.29, 0.717) is 11.5 Å². The van der Waals surface area contributed by atoms with Crippen LogP contribution in [0.4, 0.5) is 11.4 Å². The summed E-state index contributed by atoms with van der Waals surface area (Å²) in [6.45, 7) is 8.08. The van der Waals surface area contributed by atoms with Gasteiger partial charge in [-0.25, -0.2) is 0 Å². The van der Waals surface area contributed by atoms with E-state index in [2.05, 4.69) is 48.0 Å². The molecule has 0 aliphatic carbocycles. The van der Waals surface area contributed by atoms with E-state index in [-0.39, 0.29) is 29.8 Å². The Bertz CT molecular complexity index is 982. The molecular weight excluding hydrogens is 400 g/mol. The Balaban J connectivity index is 1.70. The lowest BCUT2D eigenvalue weighted by atomic mass is 9.80. The Labute approximate surface area is 190 Å². The van der Waals surface area contributed by atoms with E-state index in [1.54, 1.807) is 14.0 Å². The van der Waals surface area contributed by atoms with Gasteiger partial charge in [0.15, 0.2) is 0 Å². The summed E-state index contributed by atoms with van der Waals surface area (Å²) in [7, 11) is 1.64. The van der Waals surface area contributed by atoms with Crippen LogP contribution >= 0.6 is 0 Å². The molecule has 2 aromatic carbocycles. The first-order chi connectivity index (χ1) is 15.4. The minimum absolute atomic E-state index is 0.0723. The van der Waals surface area contributed by atoms with Gasteiger partial charge in [0.05, 0.1) is 6.04 Å². The van der Waals surface area contributed by atoms with Crippen LogP contribution in [0.5, 0.6) is 0 Å². The van der Waals surface area contributed by atoms with Crippen molar-refractivity contribution in [3.05, 3.63) is 59.2 Å². The quantitative estimate of drug-likeness (QED) is 0.679. The van der Waals surface area contributed by atoms with Crippen molar-refractivity contribution in [3.8, 4) is 0 Å². The van der Waals surface area contributed by atoms with E-state index < -0.39 is 0 Å². The van der Waals surface area contributed by atoms with Crippen molar-refractivity contribution < 1.29 is 9.59 Å².